The number of thioether (sulfide) groups is 1. The van der Waals surface area contributed by atoms with E-state index in [1.54, 1.807) is 18.8 Å². The van der Waals surface area contributed by atoms with Crippen LogP contribution in [-0.4, -0.2) is 18.8 Å². The van der Waals surface area contributed by atoms with E-state index in [0.29, 0.717) is 11.4 Å². The molecular formula is C11H17N3OS. The lowest BCUT2D eigenvalue weighted by molar-refractivity contribution is 0.254. The quantitative estimate of drug-likeness (QED) is 0.558. The lowest BCUT2D eigenvalue weighted by Crippen LogP contribution is -2.24. The number of nitrogens with one attached hydrogen (secondary N) is 2. The third kappa shape index (κ3) is 3.66. The first-order chi connectivity index (χ1) is 7.67. The third-order valence-corrected chi connectivity index (χ3v) is 3.17. The van der Waals surface area contributed by atoms with Gasteiger partial charge in [-0.1, -0.05) is 6.92 Å². The molecule has 0 bridgehead atoms. The lowest BCUT2D eigenvalue weighted by atomic mass is 10.3. The molecule has 5 heteroatoms. The Morgan fingerprint density at radius 1 is 1.50 bits per heavy atom. The van der Waals surface area contributed by atoms with Crippen LogP contribution in [0.5, 0.6) is 0 Å². The van der Waals surface area contributed by atoms with Crippen LogP contribution < -0.4 is 16.4 Å². The normalized spacial score (nSPS) is 9.88. The van der Waals surface area contributed by atoms with Gasteiger partial charge in [0.1, 0.15) is 0 Å². The van der Waals surface area contributed by atoms with Crippen molar-refractivity contribution in [1.29, 1.82) is 0 Å². The Kier molecular flexibility index (Phi) is 4.98. The number of anilines is 2. The average molecular weight is 239 g/mol. The summed E-state index contributed by atoms with van der Waals surface area (Å²) < 4.78 is 0. The van der Waals surface area contributed by atoms with Crippen LogP contribution >= 0.6 is 11.8 Å². The Hall–Kier alpha value is -1.36. The van der Waals surface area contributed by atoms with Gasteiger partial charge in [-0.2, -0.15) is 0 Å². The van der Waals surface area contributed by atoms with Crippen molar-refractivity contribution in [3.05, 3.63) is 18.2 Å². The molecule has 0 aromatic heterocycles. The van der Waals surface area contributed by atoms with Crippen LogP contribution in [0.3, 0.4) is 0 Å². The molecule has 0 atom stereocenters. The van der Waals surface area contributed by atoms with Gasteiger partial charge in [-0.15, -0.1) is 11.8 Å². The highest BCUT2D eigenvalue weighted by molar-refractivity contribution is 7.99. The summed E-state index contributed by atoms with van der Waals surface area (Å²) in [5.41, 5.74) is 7.00. The number of hydrogen-bond acceptors (Lipinski definition) is 3. The maximum Gasteiger partial charge on any atom is 0.319 e. The third-order valence-electron chi connectivity index (χ3n) is 1.97. The maximum atomic E-state index is 11.2. The largest absolute Gasteiger partial charge is 0.397 e. The molecule has 2 amide bonds. The first-order valence-electron chi connectivity index (χ1n) is 5.18. The predicted molar refractivity (Wildman–Crippen MR) is 69.9 cm³/mol. The summed E-state index contributed by atoms with van der Waals surface area (Å²) in [7, 11) is 1.57. The number of benzene rings is 1. The first-order valence-corrected chi connectivity index (χ1v) is 6.17. The van der Waals surface area contributed by atoms with Crippen LogP contribution in [-0.2, 0) is 0 Å². The Bertz CT molecular complexity index is 368. The zero-order chi connectivity index (χ0) is 12.0. The van der Waals surface area contributed by atoms with Crippen LogP contribution in [0.1, 0.15) is 13.3 Å². The summed E-state index contributed by atoms with van der Waals surface area (Å²) >= 11 is 1.75. The van der Waals surface area contributed by atoms with Gasteiger partial charge in [0, 0.05) is 11.9 Å². The summed E-state index contributed by atoms with van der Waals surface area (Å²) in [5.74, 6) is 1.06. The molecule has 0 spiro atoms. The van der Waals surface area contributed by atoms with E-state index in [2.05, 4.69) is 17.6 Å². The van der Waals surface area contributed by atoms with Gasteiger partial charge in [-0.05, 0) is 30.4 Å². The Labute approximate surface area is 100.0 Å². The summed E-state index contributed by atoms with van der Waals surface area (Å²) in [4.78, 5) is 12.3. The molecule has 0 aliphatic heterocycles. The zero-order valence-corrected chi connectivity index (χ0v) is 10.4. The van der Waals surface area contributed by atoms with Crippen LogP contribution in [0.15, 0.2) is 23.1 Å². The van der Waals surface area contributed by atoms with E-state index >= 15 is 0 Å². The van der Waals surface area contributed by atoms with Crippen LogP contribution in [0.4, 0.5) is 16.2 Å². The Morgan fingerprint density at radius 3 is 2.88 bits per heavy atom. The molecule has 0 aliphatic rings. The highest BCUT2D eigenvalue weighted by Gasteiger charge is 2.04. The van der Waals surface area contributed by atoms with E-state index in [-0.39, 0.29) is 6.03 Å². The van der Waals surface area contributed by atoms with E-state index < -0.39 is 0 Å². The number of nitrogen functional groups attached to an aromatic ring is 1. The zero-order valence-electron chi connectivity index (χ0n) is 9.54. The topological polar surface area (TPSA) is 67.1 Å². The Balaban J connectivity index is 2.77. The number of carbonyl (C=O) groups excluding carboxylic acids is 1. The van der Waals surface area contributed by atoms with Gasteiger partial charge in [-0.3, -0.25) is 0 Å². The Morgan fingerprint density at radius 2 is 2.25 bits per heavy atom. The molecule has 0 aliphatic carbocycles. The molecule has 0 saturated heterocycles. The molecule has 0 unspecified atom stereocenters. The van der Waals surface area contributed by atoms with Crippen LogP contribution in [0.2, 0.25) is 0 Å². The fraction of sp³-hybridized carbons (Fsp3) is 0.364. The average Bonchev–Trinajstić information content (AvgIpc) is 2.30. The molecule has 1 aromatic carbocycles. The van der Waals surface area contributed by atoms with Crippen molar-refractivity contribution in [2.24, 2.45) is 0 Å². The number of urea groups is 1. The van der Waals surface area contributed by atoms with Crippen molar-refractivity contribution in [2.45, 2.75) is 18.2 Å². The number of rotatable bonds is 4. The van der Waals surface area contributed by atoms with Crippen LogP contribution in [0, 0.1) is 0 Å². The number of carbonyl (C=O) groups is 1. The number of hydrogen-bond donors (Lipinski definition) is 3. The molecule has 1 rings (SSSR count). The molecule has 0 fully saturated rings. The number of amides is 2. The summed E-state index contributed by atoms with van der Waals surface area (Å²) in [5, 5.41) is 5.18. The first kappa shape index (κ1) is 12.7. The van der Waals surface area contributed by atoms with E-state index in [9.17, 15) is 4.79 Å². The molecule has 4 nitrogen and oxygen atoms in total. The van der Waals surface area contributed by atoms with Gasteiger partial charge in [0.05, 0.1) is 11.4 Å². The maximum absolute atomic E-state index is 11.2. The van der Waals surface area contributed by atoms with Crippen molar-refractivity contribution < 1.29 is 4.79 Å². The predicted octanol–water partition coefficient (Wildman–Crippen LogP) is 2.52. The van der Waals surface area contributed by atoms with Gasteiger partial charge in [0.25, 0.3) is 0 Å². The molecule has 1 aromatic rings. The van der Waals surface area contributed by atoms with Gasteiger partial charge in [0.2, 0.25) is 0 Å². The van der Waals surface area contributed by atoms with Crippen molar-refractivity contribution in [3.8, 4) is 0 Å². The van der Waals surface area contributed by atoms with E-state index in [4.69, 9.17) is 5.73 Å². The summed E-state index contributed by atoms with van der Waals surface area (Å²) in [6.07, 6.45) is 1.12. The monoisotopic (exact) mass is 239 g/mol. The van der Waals surface area contributed by atoms with E-state index in [0.717, 1.165) is 17.1 Å². The highest BCUT2D eigenvalue weighted by Crippen LogP contribution is 2.26. The van der Waals surface area contributed by atoms with E-state index in [1.807, 2.05) is 18.2 Å². The second-order valence-electron chi connectivity index (χ2n) is 3.30. The smallest absolute Gasteiger partial charge is 0.319 e. The number of nitrogens with two attached hydrogens (primary N) is 1. The van der Waals surface area contributed by atoms with Gasteiger partial charge < -0.3 is 16.4 Å². The van der Waals surface area contributed by atoms with Crippen molar-refractivity contribution in [3.63, 3.8) is 0 Å². The standard InChI is InChI=1S/C11H17N3OS/c1-3-6-16-8-4-5-9(12)10(7-8)14-11(15)13-2/h4-5,7H,3,6,12H2,1-2H3,(H2,13,14,15). The molecule has 0 heterocycles. The summed E-state index contributed by atoms with van der Waals surface area (Å²) in [6, 6.07) is 5.41. The van der Waals surface area contributed by atoms with Gasteiger partial charge >= 0.3 is 6.03 Å². The highest BCUT2D eigenvalue weighted by atomic mass is 32.2. The fourth-order valence-corrected chi connectivity index (χ4v) is 1.94. The second kappa shape index (κ2) is 6.27. The molecule has 0 radical (unpaired) electrons. The van der Waals surface area contributed by atoms with E-state index in [1.165, 1.54) is 0 Å². The fourth-order valence-electron chi connectivity index (χ4n) is 1.14. The van der Waals surface area contributed by atoms with Crippen molar-refractivity contribution in [2.75, 3.05) is 23.9 Å². The minimum atomic E-state index is -0.260. The SMILES string of the molecule is CCCSc1ccc(N)c(NC(=O)NC)c1. The molecule has 16 heavy (non-hydrogen) atoms. The minimum Gasteiger partial charge on any atom is -0.397 e. The molecular weight excluding hydrogens is 222 g/mol. The van der Waals surface area contributed by atoms with Crippen molar-refractivity contribution in [1.82, 2.24) is 5.32 Å². The molecule has 88 valence electrons. The minimum absolute atomic E-state index is 0.260. The molecule has 0 saturated carbocycles. The van der Waals surface area contributed by atoms with Crippen molar-refractivity contribution >= 4 is 29.2 Å². The van der Waals surface area contributed by atoms with Crippen LogP contribution in [0.25, 0.3) is 0 Å². The molecule has 4 N–H and O–H groups in total. The van der Waals surface area contributed by atoms with Gasteiger partial charge in [0.15, 0.2) is 0 Å². The summed E-state index contributed by atoms with van der Waals surface area (Å²) in [6.45, 7) is 2.13. The lowest BCUT2D eigenvalue weighted by Gasteiger charge is -2.09. The van der Waals surface area contributed by atoms with Gasteiger partial charge in [-0.25, -0.2) is 4.79 Å². The second-order valence-corrected chi connectivity index (χ2v) is 4.47.